The Kier molecular flexibility index (Phi) is 6.55. The van der Waals surface area contributed by atoms with E-state index in [0.29, 0.717) is 19.6 Å². The van der Waals surface area contributed by atoms with E-state index in [-0.39, 0.29) is 18.5 Å². The van der Waals surface area contributed by atoms with Crippen LogP contribution in [0.5, 0.6) is 0 Å². The first-order valence-electron chi connectivity index (χ1n) is 10.0. The van der Waals surface area contributed by atoms with Crippen molar-refractivity contribution in [2.24, 2.45) is 0 Å². The van der Waals surface area contributed by atoms with E-state index in [1.54, 1.807) is 0 Å². The molecule has 0 saturated carbocycles. The van der Waals surface area contributed by atoms with Crippen LogP contribution in [-0.4, -0.2) is 60.1 Å². The molecule has 0 spiro atoms. The summed E-state index contributed by atoms with van der Waals surface area (Å²) in [6.07, 6.45) is 4.85. The minimum Gasteiger partial charge on any atom is -0.339 e. The van der Waals surface area contributed by atoms with Gasteiger partial charge in [-0.05, 0) is 44.6 Å². The molecule has 0 bridgehead atoms. The van der Waals surface area contributed by atoms with Gasteiger partial charge in [0, 0.05) is 32.2 Å². The molecule has 2 heterocycles. The van der Waals surface area contributed by atoms with Gasteiger partial charge in [0.2, 0.25) is 5.91 Å². The molecule has 7 heteroatoms. The first kappa shape index (κ1) is 20.3. The van der Waals surface area contributed by atoms with E-state index in [2.05, 4.69) is 6.92 Å². The molecule has 1 aromatic rings. The average Bonchev–Trinajstić information content (AvgIpc) is 2.65. The van der Waals surface area contributed by atoms with E-state index >= 15 is 0 Å². The molecule has 1 unspecified atom stereocenters. The van der Waals surface area contributed by atoms with Crippen molar-refractivity contribution in [1.82, 2.24) is 13.5 Å². The Morgan fingerprint density at radius 3 is 2.63 bits per heavy atom. The number of likely N-dealkylation sites (tertiary alicyclic amines) is 1. The summed E-state index contributed by atoms with van der Waals surface area (Å²) < 4.78 is 29.0. The zero-order valence-corrected chi connectivity index (χ0v) is 17.2. The Hall–Kier alpha value is -1.44. The SMILES string of the molecule is CCC1CCCCN1C(=O)CN1CCCN(Cc2cccc(C)c2)S1(=O)=O. The van der Waals surface area contributed by atoms with Gasteiger partial charge >= 0.3 is 0 Å². The first-order chi connectivity index (χ1) is 12.9. The molecule has 3 rings (SSSR count). The van der Waals surface area contributed by atoms with Crippen LogP contribution in [0.4, 0.5) is 0 Å². The largest absolute Gasteiger partial charge is 0.339 e. The summed E-state index contributed by atoms with van der Waals surface area (Å²) in [6, 6.07) is 8.17. The number of piperidine rings is 1. The van der Waals surface area contributed by atoms with Gasteiger partial charge in [0.15, 0.2) is 0 Å². The summed E-state index contributed by atoms with van der Waals surface area (Å²) in [6.45, 7) is 6.09. The second-order valence-electron chi connectivity index (χ2n) is 7.66. The van der Waals surface area contributed by atoms with E-state index in [4.69, 9.17) is 0 Å². The molecule has 0 aliphatic carbocycles. The molecular weight excluding hydrogens is 362 g/mol. The number of nitrogens with zero attached hydrogens (tertiary/aromatic N) is 3. The van der Waals surface area contributed by atoms with Crippen molar-refractivity contribution < 1.29 is 13.2 Å². The number of carbonyl (C=O) groups is 1. The van der Waals surface area contributed by atoms with Crippen molar-refractivity contribution in [2.45, 2.75) is 58.5 Å². The maximum Gasteiger partial charge on any atom is 0.282 e. The Balaban J connectivity index is 1.69. The van der Waals surface area contributed by atoms with Crippen LogP contribution in [0.15, 0.2) is 24.3 Å². The molecule has 150 valence electrons. The van der Waals surface area contributed by atoms with Gasteiger partial charge in [-0.2, -0.15) is 17.0 Å². The fourth-order valence-electron chi connectivity index (χ4n) is 4.15. The quantitative estimate of drug-likeness (QED) is 0.772. The van der Waals surface area contributed by atoms with Crippen molar-refractivity contribution in [3.8, 4) is 0 Å². The maximum atomic E-state index is 13.1. The Bertz CT molecular complexity index is 765. The lowest BCUT2D eigenvalue weighted by Crippen LogP contribution is -2.54. The van der Waals surface area contributed by atoms with Gasteiger partial charge < -0.3 is 4.90 Å². The lowest BCUT2D eigenvalue weighted by molar-refractivity contribution is -0.135. The van der Waals surface area contributed by atoms with Gasteiger partial charge in [-0.3, -0.25) is 4.79 Å². The molecule has 27 heavy (non-hydrogen) atoms. The number of hydrogen-bond donors (Lipinski definition) is 0. The third kappa shape index (κ3) is 4.70. The molecule has 6 nitrogen and oxygen atoms in total. The highest BCUT2D eigenvalue weighted by molar-refractivity contribution is 7.86. The van der Waals surface area contributed by atoms with Crippen LogP contribution >= 0.6 is 0 Å². The summed E-state index contributed by atoms with van der Waals surface area (Å²) >= 11 is 0. The summed E-state index contributed by atoms with van der Waals surface area (Å²) in [5.74, 6) is -0.0532. The van der Waals surface area contributed by atoms with Crippen molar-refractivity contribution in [1.29, 1.82) is 0 Å². The van der Waals surface area contributed by atoms with Gasteiger partial charge in [-0.1, -0.05) is 36.8 Å². The van der Waals surface area contributed by atoms with E-state index in [1.807, 2.05) is 36.1 Å². The minimum atomic E-state index is -3.61. The molecule has 2 saturated heterocycles. The summed E-state index contributed by atoms with van der Waals surface area (Å²) in [4.78, 5) is 14.7. The highest BCUT2D eigenvalue weighted by Crippen LogP contribution is 2.23. The van der Waals surface area contributed by atoms with E-state index in [9.17, 15) is 13.2 Å². The second-order valence-corrected chi connectivity index (χ2v) is 9.59. The van der Waals surface area contributed by atoms with E-state index < -0.39 is 10.2 Å². The fourth-order valence-corrected chi connectivity index (χ4v) is 5.78. The zero-order valence-electron chi connectivity index (χ0n) is 16.4. The molecule has 1 aromatic carbocycles. The fraction of sp³-hybridized carbons (Fsp3) is 0.650. The summed E-state index contributed by atoms with van der Waals surface area (Å²) in [5.41, 5.74) is 2.10. The number of aryl methyl sites for hydroxylation is 1. The predicted octanol–water partition coefficient (Wildman–Crippen LogP) is 2.54. The lowest BCUT2D eigenvalue weighted by atomic mass is 10.00. The number of rotatable bonds is 5. The van der Waals surface area contributed by atoms with Gasteiger partial charge in [0.1, 0.15) is 0 Å². The Labute approximate surface area is 163 Å². The van der Waals surface area contributed by atoms with Crippen LogP contribution in [0, 0.1) is 6.92 Å². The second kappa shape index (κ2) is 8.71. The van der Waals surface area contributed by atoms with Crippen molar-refractivity contribution in [2.75, 3.05) is 26.2 Å². The molecule has 0 N–H and O–H groups in total. The molecular formula is C20H31N3O3S. The van der Waals surface area contributed by atoms with Gasteiger partial charge in [-0.15, -0.1) is 0 Å². The lowest BCUT2D eigenvalue weighted by Gasteiger charge is -2.38. The number of hydrogen-bond acceptors (Lipinski definition) is 3. The number of carbonyl (C=O) groups excluding carboxylic acids is 1. The molecule has 2 fully saturated rings. The Morgan fingerprint density at radius 1 is 1.11 bits per heavy atom. The van der Waals surface area contributed by atoms with Crippen molar-refractivity contribution in [3.05, 3.63) is 35.4 Å². The monoisotopic (exact) mass is 393 g/mol. The normalized spacial score (nSPS) is 24.1. The highest BCUT2D eigenvalue weighted by atomic mass is 32.2. The summed E-state index contributed by atoms with van der Waals surface area (Å²) in [7, 11) is -3.61. The third-order valence-corrected chi connectivity index (χ3v) is 7.57. The van der Waals surface area contributed by atoms with Crippen LogP contribution in [0.2, 0.25) is 0 Å². The van der Waals surface area contributed by atoms with Gasteiger partial charge in [-0.25, -0.2) is 0 Å². The van der Waals surface area contributed by atoms with Gasteiger partial charge in [0.25, 0.3) is 10.2 Å². The van der Waals surface area contributed by atoms with Crippen molar-refractivity contribution in [3.63, 3.8) is 0 Å². The Morgan fingerprint density at radius 2 is 1.89 bits per heavy atom. The standard InChI is InChI=1S/C20H31N3O3S/c1-3-19-10-4-5-13-23(19)20(24)16-22-12-7-11-21(27(22,25)26)15-18-9-6-8-17(2)14-18/h6,8-9,14,19H,3-5,7,10-13,15-16H2,1-2H3. The molecule has 0 aromatic heterocycles. The van der Waals surface area contributed by atoms with Gasteiger partial charge in [0.05, 0.1) is 6.54 Å². The van der Waals surface area contributed by atoms with Crippen LogP contribution in [0.25, 0.3) is 0 Å². The molecule has 0 radical (unpaired) electrons. The number of benzene rings is 1. The van der Waals surface area contributed by atoms with Crippen LogP contribution in [-0.2, 0) is 21.5 Å². The molecule has 1 amide bonds. The molecule has 1 atom stereocenters. The smallest absolute Gasteiger partial charge is 0.282 e. The highest BCUT2D eigenvalue weighted by Gasteiger charge is 2.36. The van der Waals surface area contributed by atoms with Crippen LogP contribution in [0.1, 0.15) is 50.2 Å². The van der Waals surface area contributed by atoms with E-state index in [0.717, 1.165) is 49.8 Å². The predicted molar refractivity (Wildman–Crippen MR) is 106 cm³/mol. The maximum absolute atomic E-state index is 13.1. The van der Waals surface area contributed by atoms with E-state index in [1.165, 1.54) is 8.61 Å². The van der Waals surface area contributed by atoms with Crippen LogP contribution < -0.4 is 0 Å². The van der Waals surface area contributed by atoms with Crippen molar-refractivity contribution >= 4 is 16.1 Å². The van der Waals surface area contributed by atoms with Crippen LogP contribution in [0.3, 0.4) is 0 Å². The molecule has 2 aliphatic heterocycles. The molecule has 2 aliphatic rings. The number of amides is 1. The minimum absolute atomic E-state index is 0.0385. The topological polar surface area (TPSA) is 60.9 Å². The average molecular weight is 394 g/mol. The summed E-state index contributed by atoms with van der Waals surface area (Å²) in [5, 5.41) is 0. The first-order valence-corrected chi connectivity index (χ1v) is 11.4. The zero-order chi connectivity index (χ0) is 19.4. The third-order valence-electron chi connectivity index (χ3n) is 5.64.